The fourth-order valence-electron chi connectivity index (χ4n) is 14.9. The molecule has 0 radical (unpaired) electrons. The summed E-state index contributed by atoms with van der Waals surface area (Å²) in [7, 11) is 0. The molecule has 0 aliphatic rings. The monoisotopic (exact) mass is 1810 g/mol. The molecule has 0 saturated heterocycles. The van der Waals surface area contributed by atoms with E-state index in [9.17, 15) is 62.6 Å². The number of aliphatic hydroxyl groups is 1. The van der Waals surface area contributed by atoms with E-state index in [0.717, 1.165) is 94.4 Å². The van der Waals surface area contributed by atoms with Crippen LogP contribution in [-0.2, 0) is 73.4 Å². The third-order valence-corrected chi connectivity index (χ3v) is 24.3. The molecule has 0 heterocycles. The minimum absolute atomic E-state index is 0.0178. The Morgan fingerprint density at radius 2 is 0.730 bits per heavy atom. The third kappa shape index (κ3) is 63.4. The van der Waals surface area contributed by atoms with Gasteiger partial charge in [-0.25, -0.2) is 0 Å². The number of thioether (sulfide) groups is 2. The molecular formula is C96H175N13O15S2. The van der Waals surface area contributed by atoms with E-state index in [1.165, 1.54) is 120 Å². The number of rotatable bonds is 84. The minimum Gasteiger partial charge on any atom is -0.462 e. The van der Waals surface area contributed by atoms with Crippen molar-refractivity contribution >= 4 is 95.0 Å². The maximum Gasteiger partial charge on any atom is 0.306 e. The van der Waals surface area contributed by atoms with Crippen LogP contribution < -0.4 is 70.4 Å². The van der Waals surface area contributed by atoms with Crippen LogP contribution in [0.15, 0.2) is 30.3 Å². The van der Waals surface area contributed by atoms with Gasteiger partial charge in [-0.3, -0.25) is 57.5 Å². The summed E-state index contributed by atoms with van der Waals surface area (Å²) in [6, 6.07) is -0.723. The first-order valence-electron chi connectivity index (χ1n) is 48.8. The molecule has 1 unspecified atom stereocenters. The Kier molecular flexibility index (Phi) is 72.9. The molecule has 28 nitrogen and oxygen atoms in total. The SMILES string of the molecule is CSCC[C@H](NC=O)C(=O)N[C@@H](CC(C)C)C(=O)N[C@@H](Cc1ccccc1)C(=O)NCCNC(=O)[C@H](CCCCCN)NC(=O)[C@H](CCCCN)NC(=O)[C@H](CCCCN)NC(=O)[C@H](CO)NC(=O)[C@H](CSCC(COC(=O)CCCCCCCCCCCC(C)C)OC(=O)CCCCCCCCCCCC(C)C)NC(=O)CCCCCCCCCCCC(C)C. The van der Waals surface area contributed by atoms with Crippen molar-refractivity contribution in [2.75, 3.05) is 69.5 Å². The third-order valence-electron chi connectivity index (χ3n) is 22.5. The van der Waals surface area contributed by atoms with Crippen molar-refractivity contribution in [3.05, 3.63) is 35.9 Å². The van der Waals surface area contributed by atoms with Crippen LogP contribution in [0.25, 0.3) is 0 Å². The predicted molar refractivity (Wildman–Crippen MR) is 511 cm³/mol. The van der Waals surface area contributed by atoms with Crippen LogP contribution in [0.5, 0.6) is 0 Å². The van der Waals surface area contributed by atoms with E-state index in [1.807, 2.05) is 26.2 Å². The van der Waals surface area contributed by atoms with Crippen molar-refractivity contribution in [2.45, 2.75) is 405 Å². The largest absolute Gasteiger partial charge is 0.462 e. The lowest BCUT2D eigenvalue weighted by atomic mass is 10.0. The maximum atomic E-state index is 14.7. The maximum absolute atomic E-state index is 14.7. The summed E-state index contributed by atoms with van der Waals surface area (Å²) in [5.74, 6) is -4.14. The predicted octanol–water partition coefficient (Wildman–Crippen LogP) is 12.6. The molecule has 726 valence electrons. The van der Waals surface area contributed by atoms with Gasteiger partial charge in [0.1, 0.15) is 61.0 Å². The Bertz CT molecular complexity index is 3050. The second-order valence-corrected chi connectivity index (χ2v) is 38.1. The van der Waals surface area contributed by atoms with Crippen LogP contribution in [0.2, 0.25) is 0 Å². The number of aliphatic hydroxyl groups excluding tert-OH is 1. The lowest BCUT2D eigenvalue weighted by Crippen LogP contribution is -2.60. The Morgan fingerprint density at radius 1 is 0.373 bits per heavy atom. The number of hydrogen-bond donors (Lipinski definition) is 14. The van der Waals surface area contributed by atoms with Crippen LogP contribution in [0.3, 0.4) is 0 Å². The summed E-state index contributed by atoms with van der Waals surface area (Å²) in [6.07, 6.45) is 38.8. The minimum atomic E-state index is -1.65. The molecule has 1 rings (SSSR count). The molecule has 0 aliphatic heterocycles. The quantitative estimate of drug-likeness (QED) is 0.0164. The summed E-state index contributed by atoms with van der Waals surface area (Å²) in [5, 5.41) is 38.6. The fraction of sp³-hybridized carbons (Fsp3) is 0.812. The molecular weight excluding hydrogens is 1640 g/mol. The van der Waals surface area contributed by atoms with Gasteiger partial charge < -0.3 is 84.9 Å². The summed E-state index contributed by atoms with van der Waals surface area (Å²) < 4.78 is 11.8. The highest BCUT2D eigenvalue weighted by Gasteiger charge is 2.35. The smallest absolute Gasteiger partial charge is 0.306 e. The van der Waals surface area contributed by atoms with Gasteiger partial charge in [0.25, 0.3) is 0 Å². The van der Waals surface area contributed by atoms with E-state index >= 15 is 0 Å². The number of hydrogen-bond acceptors (Lipinski definition) is 20. The van der Waals surface area contributed by atoms with Crippen molar-refractivity contribution in [1.29, 1.82) is 0 Å². The first kappa shape index (κ1) is 117. The van der Waals surface area contributed by atoms with Gasteiger partial charge in [-0.05, 0) is 144 Å². The average molecular weight is 1820 g/mol. The number of nitrogens with one attached hydrogen (secondary N) is 10. The second-order valence-electron chi connectivity index (χ2n) is 36.1. The van der Waals surface area contributed by atoms with Crippen molar-refractivity contribution in [1.82, 2.24) is 53.2 Å². The van der Waals surface area contributed by atoms with E-state index in [1.54, 1.807) is 24.3 Å². The van der Waals surface area contributed by atoms with Crippen molar-refractivity contribution < 1.29 is 72.1 Å². The summed E-state index contributed by atoms with van der Waals surface area (Å²) in [6.45, 7) is 16.9. The van der Waals surface area contributed by atoms with E-state index in [-0.39, 0.29) is 102 Å². The topological polar surface area (TPSA) is 442 Å². The zero-order chi connectivity index (χ0) is 93.2. The Balaban J connectivity index is 3.54. The van der Waals surface area contributed by atoms with Crippen LogP contribution in [0, 0.1) is 23.7 Å². The molecule has 30 heteroatoms. The van der Waals surface area contributed by atoms with Gasteiger partial charge in [0, 0.05) is 50.3 Å². The molecule has 0 bridgehead atoms. The van der Waals surface area contributed by atoms with Crippen LogP contribution in [0.4, 0.5) is 0 Å². The molecule has 1 aromatic carbocycles. The normalized spacial score (nSPS) is 13.6. The van der Waals surface area contributed by atoms with Gasteiger partial charge in [-0.15, -0.1) is 0 Å². The molecule has 0 aliphatic carbocycles. The van der Waals surface area contributed by atoms with E-state index in [4.69, 9.17) is 26.7 Å². The van der Waals surface area contributed by atoms with Gasteiger partial charge in [0.05, 0.1) is 6.61 Å². The zero-order valence-corrected chi connectivity index (χ0v) is 80.9. The van der Waals surface area contributed by atoms with Gasteiger partial charge >= 0.3 is 11.9 Å². The highest BCUT2D eigenvalue weighted by molar-refractivity contribution is 7.99. The molecule has 0 spiro atoms. The average Bonchev–Trinajstić information content (AvgIpc) is 0.863. The van der Waals surface area contributed by atoms with E-state index in [0.29, 0.717) is 95.3 Å². The second kappa shape index (κ2) is 78.3. The molecule has 10 amide bonds. The van der Waals surface area contributed by atoms with E-state index in [2.05, 4.69) is 94.7 Å². The lowest BCUT2D eigenvalue weighted by molar-refractivity contribution is -0.157. The van der Waals surface area contributed by atoms with Gasteiger partial charge in [0.2, 0.25) is 59.6 Å². The Labute approximate surface area is 767 Å². The van der Waals surface area contributed by atoms with Crippen molar-refractivity contribution in [3.8, 4) is 0 Å². The summed E-state index contributed by atoms with van der Waals surface area (Å²) in [5.41, 5.74) is 18.4. The zero-order valence-electron chi connectivity index (χ0n) is 79.3. The molecule has 0 aromatic heterocycles. The highest BCUT2D eigenvalue weighted by Crippen LogP contribution is 2.21. The molecule has 0 fully saturated rings. The van der Waals surface area contributed by atoms with Crippen LogP contribution >= 0.6 is 23.5 Å². The molecule has 0 saturated carbocycles. The number of unbranched alkanes of at least 4 members (excludes halogenated alkanes) is 28. The Hall–Kier alpha value is -6.60. The Morgan fingerprint density at radius 3 is 1.17 bits per heavy atom. The molecule has 9 atom stereocenters. The van der Waals surface area contributed by atoms with Gasteiger partial charge in [-0.1, -0.05) is 272 Å². The van der Waals surface area contributed by atoms with Crippen LogP contribution in [-0.4, -0.2) is 201 Å². The molecule has 1 aromatic rings. The van der Waals surface area contributed by atoms with Crippen molar-refractivity contribution in [2.24, 2.45) is 40.9 Å². The molecule has 17 N–H and O–H groups in total. The standard InChI is InChI=1S/C96H175N13O15S2/c1-72(2)47-33-25-19-13-10-16-22-28-39-55-86(112)103-85(70-126-69-77(124-88(114)57-41-30-24-18-12-15-21-27-35-49-74(5)6)68-123-87(113)56-40-29-23-17-11-14-20-26-34-48-73(3)4)96(122)109-84(67-110)95(121)106-81(54-43-46-61-99)93(119)105-80(53-42-45-60-98)92(118)104-79(52-38-32-44-59-97)89(115)100-62-63-101-90(116)83(66-76-50-36-31-37-51-76)108-94(120)82(65-75(7)8)107-91(117)78(102-71-111)58-64-125-9/h31,36-37,50-51,71-75,77-85,110H,10-30,32-35,38-49,52-70,97-99H2,1-9H3,(H,100,115)(H,101,116)(H,102,111)(H,103,112)(H,104,118)(H,105,119)(H,106,121)(H,107,117)(H,108,120)(H,109,122)/t77?,78-,79-,80-,81-,82-,83-,84-,85-/m0/s1. The number of amides is 10. The molecule has 126 heavy (non-hydrogen) atoms. The highest BCUT2D eigenvalue weighted by atomic mass is 32.2. The number of ether oxygens (including phenoxy) is 2. The number of benzene rings is 1. The number of carbonyl (C=O) groups is 12. The first-order chi connectivity index (χ1) is 60.7. The number of esters is 2. The number of nitrogens with two attached hydrogens (primary N) is 3. The fourth-order valence-corrected chi connectivity index (χ4v) is 16.4. The summed E-state index contributed by atoms with van der Waals surface area (Å²) in [4.78, 5) is 167. The van der Waals surface area contributed by atoms with E-state index < -0.39 is 126 Å². The van der Waals surface area contributed by atoms with Gasteiger partial charge in [-0.2, -0.15) is 23.5 Å². The van der Waals surface area contributed by atoms with Gasteiger partial charge in [0.15, 0.2) is 0 Å². The summed E-state index contributed by atoms with van der Waals surface area (Å²) >= 11 is 2.69. The number of carbonyl (C=O) groups excluding carboxylic acids is 12. The first-order valence-corrected chi connectivity index (χ1v) is 51.3. The van der Waals surface area contributed by atoms with Crippen molar-refractivity contribution in [3.63, 3.8) is 0 Å². The lowest BCUT2D eigenvalue weighted by Gasteiger charge is -2.27. The van der Waals surface area contributed by atoms with Crippen LogP contribution in [0.1, 0.15) is 350 Å².